The molecule has 150 valence electrons. The Hall–Kier alpha value is -3.52. The third-order valence-corrected chi connectivity index (χ3v) is 4.99. The molecular formula is C22H15BrFN3O3. The van der Waals surface area contributed by atoms with Gasteiger partial charge >= 0.3 is 5.69 Å². The summed E-state index contributed by atoms with van der Waals surface area (Å²) in [5.41, 5.74) is 0.848. The molecule has 30 heavy (non-hydrogen) atoms. The molecule has 0 saturated carbocycles. The van der Waals surface area contributed by atoms with Crippen molar-refractivity contribution < 1.29 is 9.13 Å². The predicted octanol–water partition coefficient (Wildman–Crippen LogP) is 4.05. The van der Waals surface area contributed by atoms with Crippen molar-refractivity contribution in [2.45, 2.75) is 6.61 Å². The van der Waals surface area contributed by atoms with E-state index in [-0.39, 0.29) is 12.4 Å². The van der Waals surface area contributed by atoms with Gasteiger partial charge in [-0.15, -0.1) is 4.68 Å². The van der Waals surface area contributed by atoms with E-state index >= 15 is 0 Å². The number of hydrogen-bond acceptors (Lipinski definition) is 4. The number of benzene rings is 3. The normalized spacial score (nSPS) is 11.3. The Morgan fingerprint density at radius 3 is 2.60 bits per heavy atom. The molecule has 8 heteroatoms. The zero-order chi connectivity index (χ0) is 21.1. The largest absolute Gasteiger partial charge is 0.488 e. The topological polar surface area (TPSA) is 76.5 Å². The number of hydrogen-bond donors (Lipinski definition) is 1. The first-order valence-corrected chi connectivity index (χ1v) is 9.76. The van der Waals surface area contributed by atoms with Gasteiger partial charge in [0.05, 0.1) is 21.6 Å². The summed E-state index contributed by atoms with van der Waals surface area (Å²) in [6.07, 6.45) is 1.42. The van der Waals surface area contributed by atoms with Crippen molar-refractivity contribution in [2.75, 3.05) is 0 Å². The van der Waals surface area contributed by atoms with Crippen LogP contribution in [0.5, 0.6) is 5.75 Å². The molecule has 0 aliphatic rings. The van der Waals surface area contributed by atoms with Gasteiger partial charge in [-0.3, -0.25) is 4.79 Å². The molecule has 0 fully saturated rings. The number of ether oxygens (including phenoxy) is 1. The number of H-pyrrole nitrogens is 1. The summed E-state index contributed by atoms with van der Waals surface area (Å²) in [5.74, 6) is 0.296. The number of rotatable bonds is 5. The van der Waals surface area contributed by atoms with Crippen LogP contribution in [-0.4, -0.2) is 15.9 Å². The van der Waals surface area contributed by atoms with E-state index in [0.29, 0.717) is 26.7 Å². The highest BCUT2D eigenvalue weighted by molar-refractivity contribution is 9.10. The van der Waals surface area contributed by atoms with Gasteiger partial charge in [0, 0.05) is 0 Å². The number of nitrogens with zero attached hydrogens (tertiary/aromatic N) is 2. The van der Waals surface area contributed by atoms with Gasteiger partial charge in [-0.2, -0.15) is 5.10 Å². The first-order chi connectivity index (χ1) is 14.5. The molecule has 0 amide bonds. The number of aromatic amines is 1. The fraction of sp³-hybridized carbons (Fsp3) is 0.0455. The maximum absolute atomic E-state index is 13.0. The molecule has 1 aromatic heterocycles. The second-order valence-corrected chi connectivity index (χ2v) is 7.30. The van der Waals surface area contributed by atoms with Crippen LogP contribution in [0.15, 0.2) is 85.9 Å². The summed E-state index contributed by atoms with van der Waals surface area (Å²) in [4.78, 5) is 27.3. The molecule has 1 N–H and O–H groups in total. The molecule has 3 aromatic carbocycles. The number of halogens is 2. The van der Waals surface area contributed by atoms with Gasteiger partial charge in [0.15, 0.2) is 0 Å². The van der Waals surface area contributed by atoms with Crippen molar-refractivity contribution in [3.8, 4) is 5.75 Å². The van der Waals surface area contributed by atoms with Crippen LogP contribution in [0, 0.1) is 5.82 Å². The number of fused-ring (bicyclic) bond motifs is 1. The molecule has 0 atom stereocenters. The molecular weight excluding hydrogens is 453 g/mol. The first-order valence-electron chi connectivity index (χ1n) is 8.96. The van der Waals surface area contributed by atoms with Crippen molar-refractivity contribution in [3.05, 3.63) is 109 Å². The van der Waals surface area contributed by atoms with Crippen molar-refractivity contribution in [3.63, 3.8) is 0 Å². The van der Waals surface area contributed by atoms with E-state index in [1.807, 2.05) is 0 Å². The second kappa shape index (κ2) is 8.46. The van der Waals surface area contributed by atoms with E-state index in [1.54, 1.807) is 54.6 Å². The number of aromatic nitrogens is 2. The average Bonchev–Trinajstić information content (AvgIpc) is 2.74. The lowest BCUT2D eigenvalue weighted by Crippen LogP contribution is -2.32. The van der Waals surface area contributed by atoms with Crippen LogP contribution in [0.2, 0.25) is 0 Å². The summed E-state index contributed by atoms with van der Waals surface area (Å²) in [6.45, 7) is 0.286. The van der Waals surface area contributed by atoms with Crippen LogP contribution in [0.1, 0.15) is 11.1 Å². The van der Waals surface area contributed by atoms with Gasteiger partial charge in [-0.05, 0) is 69.5 Å². The van der Waals surface area contributed by atoms with E-state index in [0.717, 1.165) is 10.2 Å². The molecule has 0 saturated heterocycles. The fourth-order valence-corrected chi connectivity index (χ4v) is 3.35. The van der Waals surface area contributed by atoms with Crippen LogP contribution in [-0.2, 0) is 6.61 Å². The lowest BCUT2D eigenvalue weighted by molar-refractivity contribution is 0.304. The second-order valence-electron chi connectivity index (χ2n) is 6.44. The molecule has 1 heterocycles. The van der Waals surface area contributed by atoms with E-state index in [9.17, 15) is 14.0 Å². The summed E-state index contributed by atoms with van der Waals surface area (Å²) in [5, 5.41) is 4.41. The SMILES string of the molecule is O=c1[nH]c2ccccc2c(=O)n1N=Cc1ccc(OCc2ccc(F)cc2)c(Br)c1. The standard InChI is InChI=1S/C22H15BrFN3O3/c23-18-11-15(7-10-20(18)30-13-14-5-8-16(24)9-6-14)12-25-27-21(28)17-3-1-2-4-19(17)26-22(27)29/h1-12H,13H2,(H,26,29). The summed E-state index contributed by atoms with van der Waals surface area (Å²) in [7, 11) is 0. The third kappa shape index (κ3) is 4.23. The molecule has 4 rings (SSSR count). The van der Waals surface area contributed by atoms with E-state index in [2.05, 4.69) is 26.0 Å². The molecule has 6 nitrogen and oxygen atoms in total. The average molecular weight is 468 g/mol. The molecule has 0 spiro atoms. The van der Waals surface area contributed by atoms with Gasteiger partial charge in [-0.25, -0.2) is 9.18 Å². The van der Waals surface area contributed by atoms with Gasteiger partial charge in [0.2, 0.25) is 0 Å². The fourth-order valence-electron chi connectivity index (χ4n) is 2.84. The van der Waals surface area contributed by atoms with Crippen LogP contribution in [0.3, 0.4) is 0 Å². The zero-order valence-electron chi connectivity index (χ0n) is 15.5. The third-order valence-electron chi connectivity index (χ3n) is 4.37. The number of para-hydroxylation sites is 1. The van der Waals surface area contributed by atoms with Gasteiger partial charge < -0.3 is 9.72 Å². The van der Waals surface area contributed by atoms with Crippen molar-refractivity contribution in [1.82, 2.24) is 9.66 Å². The van der Waals surface area contributed by atoms with E-state index < -0.39 is 11.2 Å². The summed E-state index contributed by atoms with van der Waals surface area (Å²) in [6, 6.07) is 18.1. The lowest BCUT2D eigenvalue weighted by Gasteiger charge is -2.09. The molecule has 0 aliphatic heterocycles. The quantitative estimate of drug-likeness (QED) is 0.449. The molecule has 4 aromatic rings. The Labute approximate surface area is 178 Å². The molecule has 0 unspecified atom stereocenters. The van der Waals surface area contributed by atoms with Crippen LogP contribution < -0.4 is 16.0 Å². The maximum atomic E-state index is 13.0. The molecule has 0 bridgehead atoms. The van der Waals surface area contributed by atoms with Crippen molar-refractivity contribution >= 4 is 33.0 Å². The Balaban J connectivity index is 1.54. The Kier molecular flexibility index (Phi) is 5.58. The van der Waals surface area contributed by atoms with Crippen LogP contribution in [0.4, 0.5) is 4.39 Å². The highest BCUT2D eigenvalue weighted by Crippen LogP contribution is 2.26. The van der Waals surface area contributed by atoms with Gasteiger partial charge in [0.1, 0.15) is 18.2 Å². The monoisotopic (exact) mass is 467 g/mol. The maximum Gasteiger partial charge on any atom is 0.349 e. The van der Waals surface area contributed by atoms with Gasteiger partial charge in [0.25, 0.3) is 5.56 Å². The number of nitrogens with one attached hydrogen (secondary N) is 1. The Morgan fingerprint density at radius 1 is 1.07 bits per heavy atom. The van der Waals surface area contributed by atoms with E-state index in [1.165, 1.54) is 18.3 Å². The lowest BCUT2D eigenvalue weighted by atomic mass is 10.2. The van der Waals surface area contributed by atoms with Crippen LogP contribution in [0.25, 0.3) is 10.9 Å². The first kappa shape index (κ1) is 19.8. The van der Waals surface area contributed by atoms with Crippen molar-refractivity contribution in [2.24, 2.45) is 5.10 Å². The van der Waals surface area contributed by atoms with Crippen molar-refractivity contribution in [1.29, 1.82) is 0 Å². The van der Waals surface area contributed by atoms with Crippen LogP contribution >= 0.6 is 15.9 Å². The summed E-state index contributed by atoms with van der Waals surface area (Å²) >= 11 is 3.44. The smallest absolute Gasteiger partial charge is 0.349 e. The zero-order valence-corrected chi connectivity index (χ0v) is 17.1. The van der Waals surface area contributed by atoms with Gasteiger partial charge in [-0.1, -0.05) is 24.3 Å². The predicted molar refractivity (Wildman–Crippen MR) is 117 cm³/mol. The highest BCUT2D eigenvalue weighted by Gasteiger charge is 2.06. The molecule has 0 aliphatic carbocycles. The minimum Gasteiger partial charge on any atom is -0.488 e. The highest BCUT2D eigenvalue weighted by atomic mass is 79.9. The summed E-state index contributed by atoms with van der Waals surface area (Å²) < 4.78 is 20.2. The molecule has 0 radical (unpaired) electrons. The minimum atomic E-state index is -0.617. The Bertz CT molecular complexity index is 1360. The van der Waals surface area contributed by atoms with E-state index in [4.69, 9.17) is 4.74 Å². The Morgan fingerprint density at radius 2 is 1.83 bits per heavy atom. The minimum absolute atomic E-state index is 0.286.